The Morgan fingerprint density at radius 1 is 0.852 bits per heavy atom. The van der Waals surface area contributed by atoms with Gasteiger partial charge in [-0.2, -0.15) is 20.1 Å². The van der Waals surface area contributed by atoms with Crippen LogP contribution in [0.5, 0.6) is 0 Å². The summed E-state index contributed by atoms with van der Waals surface area (Å²) in [5, 5.41) is 10.3. The molecule has 0 atom stereocenters. The number of hydrazone groups is 1. The first-order chi connectivity index (χ1) is 13.1. The van der Waals surface area contributed by atoms with E-state index >= 15 is 0 Å². The largest absolute Gasteiger partial charge is 0.357 e. The molecule has 0 aliphatic heterocycles. The highest BCUT2D eigenvalue weighted by atomic mass is 15.4. The molecule has 3 aromatic rings. The molecule has 0 aliphatic rings. The van der Waals surface area contributed by atoms with Gasteiger partial charge in [-0.3, -0.25) is 0 Å². The molecule has 0 fully saturated rings. The summed E-state index contributed by atoms with van der Waals surface area (Å²) in [5.41, 5.74) is 6.05. The third-order valence-electron chi connectivity index (χ3n) is 3.87. The Kier molecular flexibility index (Phi) is 5.94. The molecule has 0 bridgehead atoms. The normalized spacial score (nSPS) is 11.0. The molecule has 0 saturated carbocycles. The molecular formula is C20H23N7. The topological polar surface area (TPSA) is 87.1 Å². The number of hydrogen-bond donors (Lipinski definition) is 3. The van der Waals surface area contributed by atoms with Crippen molar-refractivity contribution in [3.63, 3.8) is 0 Å². The number of hydrogen-bond acceptors (Lipinski definition) is 7. The summed E-state index contributed by atoms with van der Waals surface area (Å²) in [6, 6.07) is 18.0. The molecule has 3 N–H and O–H groups in total. The molecule has 0 saturated heterocycles. The van der Waals surface area contributed by atoms with E-state index in [2.05, 4.69) is 62.1 Å². The first-order valence-electron chi connectivity index (χ1n) is 8.79. The van der Waals surface area contributed by atoms with Gasteiger partial charge in [-0.15, -0.1) is 0 Å². The van der Waals surface area contributed by atoms with E-state index in [9.17, 15) is 0 Å². The predicted molar refractivity (Wildman–Crippen MR) is 111 cm³/mol. The van der Waals surface area contributed by atoms with Crippen molar-refractivity contribution in [2.75, 3.05) is 23.1 Å². The van der Waals surface area contributed by atoms with Crippen molar-refractivity contribution in [3.8, 4) is 0 Å². The minimum atomic E-state index is 0.350. The minimum Gasteiger partial charge on any atom is -0.357 e. The Hall–Kier alpha value is -3.48. The number of nitrogens with zero attached hydrogens (tertiary/aromatic N) is 4. The number of anilines is 4. The fourth-order valence-corrected chi connectivity index (χ4v) is 2.38. The summed E-state index contributed by atoms with van der Waals surface area (Å²) in [4.78, 5) is 12.9. The molecule has 0 unspecified atom stereocenters. The van der Waals surface area contributed by atoms with Gasteiger partial charge in [0.25, 0.3) is 0 Å². The lowest BCUT2D eigenvalue weighted by molar-refractivity contribution is 0.866. The molecule has 0 radical (unpaired) electrons. The van der Waals surface area contributed by atoms with Crippen molar-refractivity contribution >= 4 is 29.7 Å². The lowest BCUT2D eigenvalue weighted by Crippen LogP contribution is -2.07. The van der Waals surface area contributed by atoms with E-state index in [4.69, 9.17) is 0 Å². The molecule has 3 rings (SSSR count). The zero-order valence-electron chi connectivity index (χ0n) is 15.6. The average molecular weight is 361 g/mol. The lowest BCUT2D eigenvalue weighted by atomic mass is 10.0. The van der Waals surface area contributed by atoms with E-state index < -0.39 is 0 Å². The molecule has 0 aliphatic carbocycles. The van der Waals surface area contributed by atoms with Crippen molar-refractivity contribution in [2.24, 2.45) is 5.10 Å². The molecule has 1 aromatic heterocycles. The van der Waals surface area contributed by atoms with Gasteiger partial charge in [0.1, 0.15) is 0 Å². The van der Waals surface area contributed by atoms with Crippen molar-refractivity contribution in [3.05, 3.63) is 65.7 Å². The Balaban J connectivity index is 1.71. The van der Waals surface area contributed by atoms with E-state index in [1.54, 1.807) is 13.3 Å². The third-order valence-corrected chi connectivity index (χ3v) is 3.87. The Bertz CT molecular complexity index is 890. The number of nitrogens with one attached hydrogen (secondary N) is 3. The van der Waals surface area contributed by atoms with Gasteiger partial charge in [0.2, 0.25) is 17.8 Å². The molecule has 7 nitrogen and oxygen atoms in total. The third kappa shape index (κ3) is 5.24. The first kappa shape index (κ1) is 18.3. The summed E-state index contributed by atoms with van der Waals surface area (Å²) < 4.78 is 0. The van der Waals surface area contributed by atoms with Gasteiger partial charge in [0.05, 0.1) is 6.21 Å². The van der Waals surface area contributed by atoms with Gasteiger partial charge < -0.3 is 10.6 Å². The fraction of sp³-hybridized carbons (Fsp3) is 0.200. The van der Waals surface area contributed by atoms with Crippen LogP contribution >= 0.6 is 0 Å². The Labute approximate surface area is 159 Å². The van der Waals surface area contributed by atoms with E-state index in [1.807, 2.05) is 42.5 Å². The maximum Gasteiger partial charge on any atom is 0.250 e. The molecule has 138 valence electrons. The van der Waals surface area contributed by atoms with Gasteiger partial charge in [0.15, 0.2) is 0 Å². The van der Waals surface area contributed by atoms with Crippen LogP contribution in [-0.2, 0) is 0 Å². The Morgan fingerprint density at radius 3 is 2.19 bits per heavy atom. The second kappa shape index (κ2) is 8.75. The van der Waals surface area contributed by atoms with Crippen LogP contribution in [0.25, 0.3) is 0 Å². The lowest BCUT2D eigenvalue weighted by Gasteiger charge is -2.08. The quantitative estimate of drug-likeness (QED) is 0.431. The number of para-hydroxylation sites is 1. The molecule has 1 heterocycles. The van der Waals surface area contributed by atoms with E-state index in [0.29, 0.717) is 23.8 Å². The molecule has 0 spiro atoms. The fourth-order valence-electron chi connectivity index (χ4n) is 2.38. The van der Waals surface area contributed by atoms with E-state index in [1.165, 1.54) is 5.56 Å². The molecular weight excluding hydrogens is 338 g/mol. The van der Waals surface area contributed by atoms with Gasteiger partial charge >= 0.3 is 0 Å². The number of rotatable bonds is 7. The van der Waals surface area contributed by atoms with Gasteiger partial charge in [-0.05, 0) is 29.2 Å². The summed E-state index contributed by atoms with van der Waals surface area (Å²) in [6.45, 7) is 4.34. The maximum absolute atomic E-state index is 4.35. The van der Waals surface area contributed by atoms with Crippen LogP contribution in [0.2, 0.25) is 0 Å². The molecule has 2 aromatic carbocycles. The summed E-state index contributed by atoms with van der Waals surface area (Å²) >= 11 is 0. The standard InChI is InChI=1S/C20H23N7/c1-14(2)16-11-9-15(10-12-16)13-22-27-20-25-18(21-3)24-19(26-20)23-17-7-5-4-6-8-17/h4-14H,1-3H3,(H3,21,23,24,25,26,27). The van der Waals surface area contributed by atoms with Gasteiger partial charge in [0, 0.05) is 12.7 Å². The van der Waals surface area contributed by atoms with Crippen LogP contribution in [0.4, 0.5) is 23.5 Å². The smallest absolute Gasteiger partial charge is 0.250 e. The van der Waals surface area contributed by atoms with Crippen LogP contribution in [0.1, 0.15) is 30.9 Å². The number of aromatic nitrogens is 3. The van der Waals surface area contributed by atoms with Crippen LogP contribution < -0.4 is 16.1 Å². The zero-order chi connectivity index (χ0) is 19.1. The Morgan fingerprint density at radius 2 is 1.52 bits per heavy atom. The SMILES string of the molecule is CNc1nc(NN=Cc2ccc(C(C)C)cc2)nc(Nc2ccccc2)n1. The highest BCUT2D eigenvalue weighted by molar-refractivity contribution is 5.80. The highest BCUT2D eigenvalue weighted by Gasteiger charge is 2.05. The minimum absolute atomic E-state index is 0.350. The molecule has 0 amide bonds. The predicted octanol–water partition coefficient (Wildman–Crippen LogP) is 4.23. The van der Waals surface area contributed by atoms with Gasteiger partial charge in [-0.25, -0.2) is 5.43 Å². The van der Waals surface area contributed by atoms with Crippen molar-refractivity contribution < 1.29 is 0 Å². The summed E-state index contributed by atoms with van der Waals surface area (Å²) in [5.74, 6) is 1.74. The van der Waals surface area contributed by atoms with Crippen molar-refractivity contribution in [2.45, 2.75) is 19.8 Å². The number of benzene rings is 2. The van der Waals surface area contributed by atoms with Crippen LogP contribution in [0.15, 0.2) is 59.7 Å². The van der Waals surface area contributed by atoms with E-state index in [0.717, 1.165) is 11.3 Å². The van der Waals surface area contributed by atoms with E-state index in [-0.39, 0.29) is 0 Å². The average Bonchev–Trinajstić information content (AvgIpc) is 2.69. The second-order valence-corrected chi connectivity index (χ2v) is 6.24. The summed E-state index contributed by atoms with van der Waals surface area (Å²) in [7, 11) is 1.75. The maximum atomic E-state index is 4.35. The second-order valence-electron chi connectivity index (χ2n) is 6.24. The summed E-state index contributed by atoms with van der Waals surface area (Å²) in [6.07, 6.45) is 1.73. The monoisotopic (exact) mass is 361 g/mol. The van der Waals surface area contributed by atoms with Crippen LogP contribution in [0, 0.1) is 0 Å². The van der Waals surface area contributed by atoms with Crippen molar-refractivity contribution in [1.82, 2.24) is 15.0 Å². The van der Waals surface area contributed by atoms with Crippen molar-refractivity contribution in [1.29, 1.82) is 0 Å². The highest BCUT2D eigenvalue weighted by Crippen LogP contribution is 2.16. The zero-order valence-corrected chi connectivity index (χ0v) is 15.6. The van der Waals surface area contributed by atoms with Crippen LogP contribution in [-0.4, -0.2) is 28.2 Å². The van der Waals surface area contributed by atoms with Gasteiger partial charge in [-0.1, -0.05) is 56.3 Å². The first-order valence-corrected chi connectivity index (χ1v) is 8.79. The van der Waals surface area contributed by atoms with Crippen LogP contribution in [0.3, 0.4) is 0 Å². The molecule has 7 heteroatoms. The molecule has 27 heavy (non-hydrogen) atoms.